The Bertz CT molecular complexity index is 733. The first-order valence-electron chi connectivity index (χ1n) is 8.59. The molecule has 6 heteroatoms. The monoisotopic (exact) mass is 361 g/mol. The minimum Gasteiger partial charge on any atom is -0.434 e. The maximum absolute atomic E-state index is 12.7. The predicted molar refractivity (Wildman–Crippen MR) is 93.2 cm³/mol. The van der Waals surface area contributed by atoms with Crippen LogP contribution in [-0.4, -0.2) is 29.8 Å². The quantitative estimate of drug-likeness (QED) is 0.795. The van der Waals surface area contributed by atoms with Gasteiger partial charge in [0.1, 0.15) is 5.75 Å². The molecule has 0 spiro atoms. The summed E-state index contributed by atoms with van der Waals surface area (Å²) < 4.78 is 29.6. The predicted octanol–water partition coefficient (Wildman–Crippen LogP) is 3.40. The van der Waals surface area contributed by atoms with Crippen LogP contribution in [0.5, 0.6) is 5.75 Å². The Balaban J connectivity index is 1.75. The summed E-state index contributed by atoms with van der Waals surface area (Å²) in [5.74, 6) is -0.451. The third-order valence-corrected chi connectivity index (χ3v) is 4.68. The molecule has 0 aliphatic heterocycles. The van der Waals surface area contributed by atoms with E-state index in [4.69, 9.17) is 0 Å². The second-order valence-corrected chi connectivity index (χ2v) is 6.53. The highest BCUT2D eigenvalue weighted by atomic mass is 19.3. The lowest BCUT2D eigenvalue weighted by molar-refractivity contribution is -0.0502. The first kappa shape index (κ1) is 18.3. The highest BCUT2D eigenvalue weighted by Crippen LogP contribution is 2.32. The highest BCUT2D eigenvalue weighted by Gasteiger charge is 2.35. The van der Waals surface area contributed by atoms with Crippen LogP contribution in [0, 0.1) is 5.92 Å². The van der Waals surface area contributed by atoms with E-state index in [2.05, 4.69) is 10.1 Å². The number of carbonyl (C=O) groups is 1. The third-order valence-electron chi connectivity index (χ3n) is 4.68. The van der Waals surface area contributed by atoms with E-state index in [0.29, 0.717) is 19.3 Å². The van der Waals surface area contributed by atoms with Gasteiger partial charge >= 0.3 is 6.61 Å². The lowest BCUT2D eigenvalue weighted by Crippen LogP contribution is -2.48. The zero-order valence-electron chi connectivity index (χ0n) is 14.1. The van der Waals surface area contributed by atoms with Gasteiger partial charge in [0.2, 0.25) is 0 Å². The molecule has 3 rings (SSSR count). The molecule has 2 N–H and O–H groups in total. The van der Waals surface area contributed by atoms with Gasteiger partial charge in [-0.15, -0.1) is 0 Å². The molecule has 1 aliphatic carbocycles. The molecule has 0 heterocycles. The lowest BCUT2D eigenvalue weighted by Gasteiger charge is -2.38. The Hall–Kier alpha value is -2.47. The van der Waals surface area contributed by atoms with Gasteiger partial charge in [0, 0.05) is 6.04 Å². The summed E-state index contributed by atoms with van der Waals surface area (Å²) in [6, 6.07) is 15.5. The lowest BCUT2D eigenvalue weighted by atomic mass is 9.75. The first-order chi connectivity index (χ1) is 12.5. The fourth-order valence-corrected chi connectivity index (χ4v) is 3.26. The van der Waals surface area contributed by atoms with Crippen molar-refractivity contribution < 1.29 is 23.4 Å². The van der Waals surface area contributed by atoms with Crippen molar-refractivity contribution in [1.82, 2.24) is 5.32 Å². The summed E-state index contributed by atoms with van der Waals surface area (Å²) in [6.45, 7) is -2.99. The number of nitrogens with one attached hydrogen (secondary N) is 1. The van der Waals surface area contributed by atoms with Crippen molar-refractivity contribution >= 4 is 5.91 Å². The number of hydrogen-bond donors (Lipinski definition) is 2. The van der Waals surface area contributed by atoms with Crippen molar-refractivity contribution in [2.75, 3.05) is 0 Å². The van der Waals surface area contributed by atoms with Crippen LogP contribution in [0.4, 0.5) is 8.78 Å². The van der Waals surface area contributed by atoms with Crippen LogP contribution in [-0.2, 0) is 6.42 Å². The second kappa shape index (κ2) is 8.27. The molecule has 138 valence electrons. The van der Waals surface area contributed by atoms with E-state index in [1.54, 1.807) is 6.07 Å². The zero-order chi connectivity index (χ0) is 18.5. The average Bonchev–Trinajstić information content (AvgIpc) is 2.59. The Morgan fingerprint density at radius 3 is 2.42 bits per heavy atom. The second-order valence-electron chi connectivity index (χ2n) is 6.53. The van der Waals surface area contributed by atoms with E-state index in [9.17, 15) is 18.7 Å². The van der Waals surface area contributed by atoms with Gasteiger partial charge in [-0.05, 0) is 42.9 Å². The van der Waals surface area contributed by atoms with Gasteiger partial charge in [-0.2, -0.15) is 8.78 Å². The Morgan fingerprint density at radius 2 is 1.77 bits per heavy atom. The van der Waals surface area contributed by atoms with Crippen LogP contribution in [0.25, 0.3) is 0 Å². The summed E-state index contributed by atoms with van der Waals surface area (Å²) in [4.78, 5) is 12.7. The molecule has 0 aromatic heterocycles. The van der Waals surface area contributed by atoms with Crippen LogP contribution in [0.1, 0.15) is 28.8 Å². The summed E-state index contributed by atoms with van der Waals surface area (Å²) in [7, 11) is 0. The Morgan fingerprint density at radius 1 is 1.12 bits per heavy atom. The molecule has 0 bridgehead atoms. The molecule has 1 atom stereocenters. The smallest absolute Gasteiger partial charge is 0.387 e. The van der Waals surface area contributed by atoms with Gasteiger partial charge in [0.25, 0.3) is 5.91 Å². The molecule has 4 nitrogen and oxygen atoms in total. The van der Waals surface area contributed by atoms with Crippen molar-refractivity contribution in [3.8, 4) is 5.75 Å². The van der Waals surface area contributed by atoms with Gasteiger partial charge in [0.15, 0.2) is 0 Å². The molecule has 2 aromatic rings. The van der Waals surface area contributed by atoms with E-state index >= 15 is 0 Å². The zero-order valence-corrected chi connectivity index (χ0v) is 14.1. The number of carbonyl (C=O) groups excluding carboxylic acids is 1. The van der Waals surface area contributed by atoms with E-state index in [1.807, 2.05) is 30.3 Å². The molecule has 0 saturated heterocycles. The fraction of sp³-hybridized carbons (Fsp3) is 0.350. The molecule has 1 fully saturated rings. The number of benzene rings is 2. The molecule has 1 amide bonds. The number of hydrogen-bond acceptors (Lipinski definition) is 3. The summed E-state index contributed by atoms with van der Waals surface area (Å²) in [6.07, 6.45) is 1.51. The minimum atomic E-state index is -2.99. The van der Waals surface area contributed by atoms with E-state index < -0.39 is 12.5 Å². The number of para-hydroxylation sites is 1. The average molecular weight is 361 g/mol. The number of amides is 1. The molecule has 1 saturated carbocycles. The van der Waals surface area contributed by atoms with Crippen molar-refractivity contribution in [3.63, 3.8) is 0 Å². The molecular formula is C20H21F2NO3. The van der Waals surface area contributed by atoms with Gasteiger partial charge in [-0.25, -0.2) is 0 Å². The number of aliphatic hydroxyl groups is 1. The maximum atomic E-state index is 12.7. The SMILES string of the molecule is O=C(N[C@H](Cc1ccccc1)C1CC(O)C1)c1ccccc1OC(F)F. The first-order valence-corrected chi connectivity index (χ1v) is 8.59. The van der Waals surface area contributed by atoms with Crippen LogP contribution in [0.15, 0.2) is 54.6 Å². The van der Waals surface area contributed by atoms with Crippen molar-refractivity contribution in [1.29, 1.82) is 0 Å². The highest BCUT2D eigenvalue weighted by molar-refractivity contribution is 5.97. The van der Waals surface area contributed by atoms with Crippen LogP contribution in [0.3, 0.4) is 0 Å². The van der Waals surface area contributed by atoms with Crippen LogP contribution in [0.2, 0.25) is 0 Å². The van der Waals surface area contributed by atoms with E-state index in [-0.39, 0.29) is 29.4 Å². The molecule has 1 aliphatic rings. The van der Waals surface area contributed by atoms with E-state index in [1.165, 1.54) is 18.2 Å². The Kier molecular flexibility index (Phi) is 5.83. The van der Waals surface area contributed by atoms with Crippen molar-refractivity contribution in [2.24, 2.45) is 5.92 Å². The molecule has 26 heavy (non-hydrogen) atoms. The normalized spacial score (nSPS) is 20.3. The Labute approximate surface area is 150 Å². The minimum absolute atomic E-state index is 0.0748. The van der Waals surface area contributed by atoms with Gasteiger partial charge in [0.05, 0.1) is 11.7 Å². The summed E-state index contributed by atoms with van der Waals surface area (Å²) in [5.41, 5.74) is 1.14. The number of aliphatic hydroxyl groups excluding tert-OH is 1. The summed E-state index contributed by atoms with van der Waals surface area (Å²) >= 11 is 0. The summed E-state index contributed by atoms with van der Waals surface area (Å²) in [5, 5.41) is 12.6. The van der Waals surface area contributed by atoms with Gasteiger partial charge in [-0.3, -0.25) is 4.79 Å². The van der Waals surface area contributed by atoms with Crippen molar-refractivity contribution in [2.45, 2.75) is 38.0 Å². The molecule has 2 aromatic carbocycles. The fourth-order valence-electron chi connectivity index (χ4n) is 3.26. The number of alkyl halides is 2. The topological polar surface area (TPSA) is 58.6 Å². The third kappa shape index (κ3) is 4.58. The molecule has 0 unspecified atom stereocenters. The van der Waals surface area contributed by atoms with Gasteiger partial charge in [-0.1, -0.05) is 42.5 Å². The van der Waals surface area contributed by atoms with Crippen LogP contribution >= 0.6 is 0 Å². The molecule has 0 radical (unpaired) electrons. The molecular weight excluding hydrogens is 340 g/mol. The number of halogens is 2. The van der Waals surface area contributed by atoms with Crippen molar-refractivity contribution in [3.05, 3.63) is 65.7 Å². The van der Waals surface area contributed by atoms with Crippen LogP contribution < -0.4 is 10.1 Å². The maximum Gasteiger partial charge on any atom is 0.387 e. The standard InChI is InChI=1S/C20H21F2NO3/c21-20(22)26-18-9-5-4-8-16(18)19(25)23-17(14-11-15(24)12-14)10-13-6-2-1-3-7-13/h1-9,14-15,17,20,24H,10-12H2,(H,23,25)/t14?,15?,17-/m1/s1. The van der Waals surface area contributed by atoms with E-state index in [0.717, 1.165) is 5.56 Å². The number of ether oxygens (including phenoxy) is 1. The number of rotatable bonds is 7. The van der Waals surface area contributed by atoms with Gasteiger partial charge < -0.3 is 15.2 Å². The largest absolute Gasteiger partial charge is 0.434 e.